The molecule has 1 radical (unpaired) electrons. The summed E-state index contributed by atoms with van der Waals surface area (Å²) in [5.74, 6) is 0.622. The molecule has 79 valence electrons. The number of benzene rings is 1. The number of nitrogens with one attached hydrogen (secondary N) is 1. The van der Waals surface area contributed by atoms with Crippen molar-refractivity contribution in [1.82, 2.24) is 0 Å². The number of anilines is 1. The smallest absolute Gasteiger partial charge is 0.411 e. The van der Waals surface area contributed by atoms with Gasteiger partial charge in [-0.25, -0.2) is 4.79 Å². The molecule has 0 saturated heterocycles. The molecule has 1 aromatic carbocycles. The van der Waals surface area contributed by atoms with Gasteiger partial charge in [0, 0.05) is 11.8 Å². The van der Waals surface area contributed by atoms with Gasteiger partial charge in [0.2, 0.25) is 0 Å². The maximum absolute atomic E-state index is 11.1. The summed E-state index contributed by atoms with van der Waals surface area (Å²) in [6, 6.07) is 7.79. The van der Waals surface area contributed by atoms with E-state index >= 15 is 0 Å². The van der Waals surface area contributed by atoms with Crippen LogP contribution in [-0.4, -0.2) is 19.8 Å². The Morgan fingerprint density at radius 2 is 2.47 bits per heavy atom. The van der Waals surface area contributed by atoms with Crippen LogP contribution in [0.2, 0.25) is 0 Å². The van der Waals surface area contributed by atoms with Gasteiger partial charge >= 0.3 is 6.09 Å². The summed E-state index contributed by atoms with van der Waals surface area (Å²) in [4.78, 5) is 11.1. The zero-order chi connectivity index (χ0) is 11.1. The molecule has 0 aliphatic carbocycles. The highest BCUT2D eigenvalue weighted by molar-refractivity contribution is 5.84. The summed E-state index contributed by atoms with van der Waals surface area (Å²) in [5, 5.41) is 2.53. The maximum Gasteiger partial charge on any atom is 0.411 e. The SMILES string of the molecule is C=CCOC(=O)Nc1c[c]cc(OC)c1. The first kappa shape index (κ1) is 11.1. The second-order valence-electron chi connectivity index (χ2n) is 2.67. The first-order chi connectivity index (χ1) is 7.26. The van der Waals surface area contributed by atoms with Gasteiger partial charge in [0.15, 0.2) is 0 Å². The average Bonchev–Trinajstić information content (AvgIpc) is 2.26. The van der Waals surface area contributed by atoms with E-state index in [9.17, 15) is 4.79 Å². The Kier molecular flexibility index (Phi) is 4.22. The molecule has 1 N–H and O–H groups in total. The fourth-order valence-electron chi connectivity index (χ4n) is 0.929. The summed E-state index contributed by atoms with van der Waals surface area (Å²) >= 11 is 0. The quantitative estimate of drug-likeness (QED) is 0.768. The summed E-state index contributed by atoms with van der Waals surface area (Å²) < 4.78 is 9.72. The summed E-state index contributed by atoms with van der Waals surface area (Å²) in [6.45, 7) is 3.62. The van der Waals surface area contributed by atoms with Gasteiger partial charge in [0.1, 0.15) is 12.4 Å². The molecule has 0 atom stereocenters. The van der Waals surface area contributed by atoms with E-state index < -0.39 is 6.09 Å². The number of ether oxygens (including phenoxy) is 2. The number of methoxy groups -OCH3 is 1. The van der Waals surface area contributed by atoms with E-state index in [-0.39, 0.29) is 6.61 Å². The number of carbonyl (C=O) groups is 1. The molecule has 1 aromatic rings. The van der Waals surface area contributed by atoms with Crippen LogP contribution in [0.25, 0.3) is 0 Å². The Balaban J connectivity index is 2.55. The number of hydrogen-bond donors (Lipinski definition) is 1. The van der Waals surface area contributed by atoms with Gasteiger partial charge in [-0.05, 0) is 18.2 Å². The highest BCUT2D eigenvalue weighted by Gasteiger charge is 2.02. The Morgan fingerprint density at radius 3 is 3.13 bits per heavy atom. The third kappa shape index (κ3) is 3.72. The van der Waals surface area contributed by atoms with Gasteiger partial charge < -0.3 is 9.47 Å². The van der Waals surface area contributed by atoms with Gasteiger partial charge in [-0.3, -0.25) is 5.32 Å². The molecule has 1 amide bonds. The molecule has 1 rings (SSSR count). The monoisotopic (exact) mass is 206 g/mol. The predicted octanol–water partition coefficient (Wildman–Crippen LogP) is 2.23. The minimum Gasteiger partial charge on any atom is -0.497 e. The summed E-state index contributed by atoms with van der Waals surface area (Å²) in [5.41, 5.74) is 0.573. The lowest BCUT2D eigenvalue weighted by atomic mass is 10.3. The average molecular weight is 206 g/mol. The van der Waals surface area contributed by atoms with Crippen LogP contribution in [0.3, 0.4) is 0 Å². The van der Waals surface area contributed by atoms with Crippen LogP contribution in [0.1, 0.15) is 0 Å². The van der Waals surface area contributed by atoms with Crippen LogP contribution < -0.4 is 10.1 Å². The van der Waals surface area contributed by atoms with Gasteiger partial charge in [0.05, 0.1) is 7.11 Å². The topological polar surface area (TPSA) is 47.6 Å². The molecule has 15 heavy (non-hydrogen) atoms. The molecular weight excluding hydrogens is 194 g/mol. The molecule has 0 aromatic heterocycles. The third-order valence-corrected chi connectivity index (χ3v) is 1.58. The molecule has 4 nitrogen and oxygen atoms in total. The van der Waals surface area contributed by atoms with Crippen LogP contribution in [0.5, 0.6) is 5.75 Å². The predicted molar refractivity (Wildman–Crippen MR) is 57.0 cm³/mol. The molecule has 0 fully saturated rings. The molecule has 0 aliphatic heterocycles. The van der Waals surface area contributed by atoms with E-state index in [4.69, 9.17) is 9.47 Å². The Morgan fingerprint density at radius 1 is 1.67 bits per heavy atom. The number of rotatable bonds is 4. The zero-order valence-electron chi connectivity index (χ0n) is 8.45. The van der Waals surface area contributed by atoms with Crippen molar-refractivity contribution in [3.8, 4) is 5.75 Å². The maximum atomic E-state index is 11.1. The fraction of sp³-hybridized carbons (Fsp3) is 0.182. The zero-order valence-corrected chi connectivity index (χ0v) is 8.45. The normalized spacial score (nSPS) is 9.13. The van der Waals surface area contributed by atoms with Crippen molar-refractivity contribution < 1.29 is 14.3 Å². The van der Waals surface area contributed by atoms with Crippen molar-refractivity contribution in [2.24, 2.45) is 0 Å². The molecular formula is C11H12NO3. The Hall–Kier alpha value is -1.97. The molecule has 0 bridgehead atoms. The lowest BCUT2D eigenvalue weighted by Gasteiger charge is -2.06. The summed E-state index contributed by atoms with van der Waals surface area (Å²) in [6.07, 6.45) is 0.966. The standard InChI is InChI=1S/C11H12NO3/c1-3-7-15-11(13)12-9-5-4-6-10(8-9)14-2/h3,5-6,8H,1,7H2,2H3,(H,12,13). The minimum atomic E-state index is -0.531. The van der Waals surface area contributed by atoms with Crippen LogP contribution in [0, 0.1) is 6.07 Å². The molecule has 0 aliphatic rings. The van der Waals surface area contributed by atoms with Crippen LogP contribution >= 0.6 is 0 Å². The first-order valence-electron chi connectivity index (χ1n) is 4.36. The van der Waals surface area contributed by atoms with Crippen molar-refractivity contribution in [1.29, 1.82) is 0 Å². The van der Waals surface area contributed by atoms with Gasteiger partial charge in [-0.15, -0.1) is 0 Å². The Labute approximate surface area is 88.5 Å². The van der Waals surface area contributed by atoms with E-state index in [0.717, 1.165) is 0 Å². The van der Waals surface area contributed by atoms with Gasteiger partial charge in [-0.1, -0.05) is 12.7 Å². The van der Waals surface area contributed by atoms with E-state index in [1.54, 1.807) is 25.3 Å². The second kappa shape index (κ2) is 5.70. The van der Waals surface area contributed by atoms with Crippen LogP contribution in [-0.2, 0) is 4.74 Å². The lowest BCUT2D eigenvalue weighted by Crippen LogP contribution is -2.13. The van der Waals surface area contributed by atoms with Crippen molar-refractivity contribution in [3.05, 3.63) is 36.9 Å². The van der Waals surface area contributed by atoms with Gasteiger partial charge in [0.25, 0.3) is 0 Å². The van der Waals surface area contributed by atoms with E-state index in [2.05, 4.69) is 18.0 Å². The third-order valence-electron chi connectivity index (χ3n) is 1.58. The van der Waals surface area contributed by atoms with Crippen LogP contribution in [0.15, 0.2) is 30.9 Å². The van der Waals surface area contributed by atoms with E-state index in [1.807, 2.05) is 0 Å². The van der Waals surface area contributed by atoms with Crippen molar-refractivity contribution in [2.45, 2.75) is 0 Å². The molecule has 4 heteroatoms. The fourth-order valence-corrected chi connectivity index (χ4v) is 0.929. The second-order valence-corrected chi connectivity index (χ2v) is 2.67. The number of hydrogen-bond acceptors (Lipinski definition) is 3. The van der Waals surface area contributed by atoms with Crippen molar-refractivity contribution in [2.75, 3.05) is 19.0 Å². The van der Waals surface area contributed by atoms with Crippen molar-refractivity contribution >= 4 is 11.8 Å². The highest BCUT2D eigenvalue weighted by atomic mass is 16.5. The minimum absolute atomic E-state index is 0.180. The highest BCUT2D eigenvalue weighted by Crippen LogP contribution is 2.16. The van der Waals surface area contributed by atoms with E-state index in [0.29, 0.717) is 11.4 Å². The molecule has 0 saturated carbocycles. The lowest BCUT2D eigenvalue weighted by molar-refractivity contribution is 0.174. The molecule has 0 spiro atoms. The number of carbonyl (C=O) groups excluding carboxylic acids is 1. The van der Waals surface area contributed by atoms with Crippen LogP contribution in [0.4, 0.5) is 10.5 Å². The Bertz CT molecular complexity index is 349. The molecule has 0 heterocycles. The summed E-state index contributed by atoms with van der Waals surface area (Å²) in [7, 11) is 1.54. The van der Waals surface area contributed by atoms with Gasteiger partial charge in [-0.2, -0.15) is 0 Å². The van der Waals surface area contributed by atoms with E-state index in [1.165, 1.54) is 6.08 Å². The largest absolute Gasteiger partial charge is 0.497 e. The number of amides is 1. The first-order valence-corrected chi connectivity index (χ1v) is 4.36. The molecule has 0 unspecified atom stereocenters. The van der Waals surface area contributed by atoms with Crippen molar-refractivity contribution in [3.63, 3.8) is 0 Å².